The maximum atomic E-state index is 2.64. The molecule has 0 spiro atoms. The van der Waals surface area contributed by atoms with E-state index in [4.69, 9.17) is 0 Å². The van der Waals surface area contributed by atoms with Crippen LogP contribution in [-0.2, 0) is 0 Å². The Hall–Kier alpha value is -0.0400. The zero-order valence-electron chi connectivity index (χ0n) is 9.55. The van der Waals surface area contributed by atoms with E-state index < -0.39 is 0 Å². The zero-order valence-corrected chi connectivity index (χ0v) is 9.55. The Morgan fingerprint density at radius 1 is 1.00 bits per heavy atom. The molecule has 0 radical (unpaired) electrons. The molecule has 0 aromatic carbocycles. The Morgan fingerprint density at radius 2 is 1.69 bits per heavy atom. The van der Waals surface area contributed by atoms with Crippen molar-refractivity contribution >= 4 is 0 Å². The van der Waals surface area contributed by atoms with Gasteiger partial charge in [-0.05, 0) is 38.3 Å². The van der Waals surface area contributed by atoms with Crippen LogP contribution in [0.2, 0.25) is 0 Å². The molecule has 0 amide bonds. The second-order valence-electron chi connectivity index (χ2n) is 4.49. The fourth-order valence-electron chi connectivity index (χ4n) is 2.57. The quantitative estimate of drug-likeness (QED) is 0.607. The smallest absolute Gasteiger partial charge is 0.00951 e. The molecular weight excluding hydrogens is 158 g/mol. The van der Waals surface area contributed by atoms with Crippen LogP contribution in [0.5, 0.6) is 0 Å². The lowest BCUT2D eigenvalue weighted by atomic mass is 10.0. The third-order valence-electron chi connectivity index (χ3n) is 3.56. The van der Waals surface area contributed by atoms with Crippen molar-refractivity contribution in [3.05, 3.63) is 0 Å². The molecule has 0 N–H and O–H groups in total. The largest absolute Gasteiger partial charge is 0.301 e. The molecule has 78 valence electrons. The first-order valence-corrected chi connectivity index (χ1v) is 6.02. The van der Waals surface area contributed by atoms with Crippen LogP contribution in [0.4, 0.5) is 0 Å². The standard InChI is InChI=1S/C12H25N/c1-4-13(5-2)12-8-6-7-11(3)9-10-12/h11-12H,4-10H2,1-3H3. The summed E-state index contributed by atoms with van der Waals surface area (Å²) in [7, 11) is 0. The van der Waals surface area contributed by atoms with Gasteiger partial charge < -0.3 is 4.90 Å². The van der Waals surface area contributed by atoms with Gasteiger partial charge >= 0.3 is 0 Å². The summed E-state index contributed by atoms with van der Waals surface area (Å²) >= 11 is 0. The summed E-state index contributed by atoms with van der Waals surface area (Å²) in [5, 5.41) is 0. The lowest BCUT2D eigenvalue weighted by Gasteiger charge is -2.28. The highest BCUT2D eigenvalue weighted by molar-refractivity contribution is 4.75. The molecule has 1 nitrogen and oxygen atoms in total. The van der Waals surface area contributed by atoms with Gasteiger partial charge in [0.05, 0.1) is 0 Å². The highest BCUT2D eigenvalue weighted by atomic mass is 15.1. The van der Waals surface area contributed by atoms with Crippen molar-refractivity contribution in [1.29, 1.82) is 0 Å². The van der Waals surface area contributed by atoms with E-state index >= 15 is 0 Å². The van der Waals surface area contributed by atoms with Crippen molar-refractivity contribution in [2.75, 3.05) is 13.1 Å². The van der Waals surface area contributed by atoms with Gasteiger partial charge in [0.1, 0.15) is 0 Å². The van der Waals surface area contributed by atoms with E-state index in [2.05, 4.69) is 25.7 Å². The number of hydrogen-bond acceptors (Lipinski definition) is 1. The van der Waals surface area contributed by atoms with E-state index in [1.807, 2.05) is 0 Å². The minimum Gasteiger partial charge on any atom is -0.301 e. The summed E-state index contributed by atoms with van der Waals surface area (Å²) < 4.78 is 0. The fourth-order valence-corrected chi connectivity index (χ4v) is 2.57. The summed E-state index contributed by atoms with van der Waals surface area (Å²) in [4.78, 5) is 2.64. The molecule has 0 bridgehead atoms. The Labute approximate surface area is 83.5 Å². The lowest BCUT2D eigenvalue weighted by molar-refractivity contribution is 0.196. The average molecular weight is 183 g/mol. The summed E-state index contributed by atoms with van der Waals surface area (Å²) in [6.45, 7) is 9.45. The monoisotopic (exact) mass is 183 g/mol. The van der Waals surface area contributed by atoms with Gasteiger partial charge in [0.25, 0.3) is 0 Å². The minimum absolute atomic E-state index is 0.889. The summed E-state index contributed by atoms with van der Waals surface area (Å²) in [6.07, 6.45) is 7.22. The van der Waals surface area contributed by atoms with Crippen molar-refractivity contribution in [2.24, 2.45) is 5.92 Å². The second-order valence-corrected chi connectivity index (χ2v) is 4.49. The van der Waals surface area contributed by atoms with Gasteiger partial charge in [0.15, 0.2) is 0 Å². The van der Waals surface area contributed by atoms with E-state index in [9.17, 15) is 0 Å². The molecule has 0 aliphatic heterocycles. The SMILES string of the molecule is CCN(CC)C1CCCC(C)CC1. The van der Waals surface area contributed by atoms with Crippen molar-refractivity contribution in [2.45, 2.75) is 58.9 Å². The van der Waals surface area contributed by atoms with Crippen LogP contribution < -0.4 is 0 Å². The van der Waals surface area contributed by atoms with Gasteiger partial charge in [0.2, 0.25) is 0 Å². The first-order chi connectivity index (χ1) is 6.27. The highest BCUT2D eigenvalue weighted by Gasteiger charge is 2.19. The third-order valence-corrected chi connectivity index (χ3v) is 3.56. The second kappa shape index (κ2) is 5.64. The van der Waals surface area contributed by atoms with Crippen molar-refractivity contribution < 1.29 is 0 Å². The molecule has 1 fully saturated rings. The zero-order chi connectivity index (χ0) is 9.68. The van der Waals surface area contributed by atoms with Crippen molar-refractivity contribution in [3.63, 3.8) is 0 Å². The lowest BCUT2D eigenvalue weighted by Crippen LogP contribution is -2.34. The molecule has 1 aliphatic rings. The van der Waals surface area contributed by atoms with E-state index in [1.165, 1.54) is 45.2 Å². The molecule has 0 heterocycles. The van der Waals surface area contributed by atoms with Crippen LogP contribution in [0.3, 0.4) is 0 Å². The van der Waals surface area contributed by atoms with Crippen LogP contribution >= 0.6 is 0 Å². The molecule has 1 aliphatic carbocycles. The molecule has 1 heteroatoms. The highest BCUT2D eigenvalue weighted by Crippen LogP contribution is 2.25. The number of rotatable bonds is 3. The molecular formula is C12H25N. The topological polar surface area (TPSA) is 3.24 Å². The van der Waals surface area contributed by atoms with Crippen LogP contribution in [-0.4, -0.2) is 24.0 Å². The molecule has 0 saturated heterocycles. The van der Waals surface area contributed by atoms with Crippen LogP contribution in [0.15, 0.2) is 0 Å². The van der Waals surface area contributed by atoms with Gasteiger partial charge in [0, 0.05) is 6.04 Å². The molecule has 13 heavy (non-hydrogen) atoms. The van der Waals surface area contributed by atoms with Crippen LogP contribution in [0.25, 0.3) is 0 Å². The van der Waals surface area contributed by atoms with Gasteiger partial charge in [-0.15, -0.1) is 0 Å². The minimum atomic E-state index is 0.889. The third kappa shape index (κ3) is 3.30. The molecule has 1 rings (SSSR count). The maximum absolute atomic E-state index is 2.64. The predicted molar refractivity (Wildman–Crippen MR) is 59.0 cm³/mol. The fraction of sp³-hybridized carbons (Fsp3) is 1.00. The molecule has 2 unspecified atom stereocenters. The Kier molecular flexibility index (Phi) is 4.79. The number of hydrogen-bond donors (Lipinski definition) is 0. The molecule has 0 aromatic rings. The molecule has 1 saturated carbocycles. The van der Waals surface area contributed by atoms with Gasteiger partial charge in [-0.25, -0.2) is 0 Å². The van der Waals surface area contributed by atoms with Crippen LogP contribution in [0, 0.1) is 5.92 Å². The predicted octanol–water partition coefficient (Wildman–Crippen LogP) is 3.30. The van der Waals surface area contributed by atoms with Gasteiger partial charge in [-0.3, -0.25) is 0 Å². The van der Waals surface area contributed by atoms with E-state index in [0.717, 1.165) is 12.0 Å². The van der Waals surface area contributed by atoms with Crippen LogP contribution in [0.1, 0.15) is 52.9 Å². The van der Waals surface area contributed by atoms with E-state index in [-0.39, 0.29) is 0 Å². The Bertz CT molecular complexity index is 129. The summed E-state index contributed by atoms with van der Waals surface area (Å²) in [6, 6.07) is 0.889. The van der Waals surface area contributed by atoms with E-state index in [0.29, 0.717) is 0 Å². The van der Waals surface area contributed by atoms with Gasteiger partial charge in [-0.1, -0.05) is 33.6 Å². The maximum Gasteiger partial charge on any atom is 0.00951 e. The van der Waals surface area contributed by atoms with Crippen molar-refractivity contribution in [3.8, 4) is 0 Å². The molecule has 0 aromatic heterocycles. The Balaban J connectivity index is 2.40. The van der Waals surface area contributed by atoms with Gasteiger partial charge in [-0.2, -0.15) is 0 Å². The average Bonchev–Trinajstić information content (AvgIpc) is 2.34. The first kappa shape index (κ1) is 11.0. The summed E-state index contributed by atoms with van der Waals surface area (Å²) in [5.41, 5.74) is 0. The molecule has 2 atom stereocenters. The Morgan fingerprint density at radius 3 is 2.31 bits per heavy atom. The normalized spacial score (nSPS) is 30.5. The van der Waals surface area contributed by atoms with Crippen molar-refractivity contribution in [1.82, 2.24) is 4.90 Å². The summed E-state index contributed by atoms with van der Waals surface area (Å²) in [5.74, 6) is 0.973. The number of nitrogens with zero attached hydrogens (tertiary/aromatic N) is 1. The first-order valence-electron chi connectivity index (χ1n) is 6.02. The van der Waals surface area contributed by atoms with E-state index in [1.54, 1.807) is 0 Å².